The van der Waals surface area contributed by atoms with Crippen molar-refractivity contribution in [3.8, 4) is 11.5 Å². The molecule has 51 heavy (non-hydrogen) atoms. The van der Waals surface area contributed by atoms with Crippen molar-refractivity contribution in [3.05, 3.63) is 88.8 Å². The zero-order valence-corrected chi connectivity index (χ0v) is 30.3. The van der Waals surface area contributed by atoms with E-state index in [0.717, 1.165) is 47.9 Å². The predicted octanol–water partition coefficient (Wildman–Crippen LogP) is 7.41. The minimum absolute atomic E-state index is 0.0896. The lowest BCUT2D eigenvalue weighted by Gasteiger charge is -2.33. The van der Waals surface area contributed by atoms with Crippen molar-refractivity contribution in [2.24, 2.45) is 5.41 Å². The maximum Gasteiger partial charge on any atom is 0.320 e. The molecule has 1 unspecified atom stereocenters. The highest BCUT2D eigenvalue weighted by Gasteiger charge is 2.30. The maximum atomic E-state index is 13.6. The lowest BCUT2D eigenvalue weighted by atomic mass is 9.85. The molecule has 1 aliphatic carbocycles. The van der Waals surface area contributed by atoms with Crippen molar-refractivity contribution in [1.82, 2.24) is 25.2 Å². The van der Waals surface area contributed by atoms with Gasteiger partial charge >= 0.3 is 6.03 Å². The zero-order valence-electron chi connectivity index (χ0n) is 29.6. The number of allylic oxidation sites excluding steroid dienone is 1. The third-order valence-electron chi connectivity index (χ3n) is 9.34. The predicted molar refractivity (Wildman–Crippen MR) is 200 cm³/mol. The van der Waals surface area contributed by atoms with Crippen molar-refractivity contribution < 1.29 is 19.4 Å². The molecule has 6 rings (SSSR count). The minimum Gasteiger partial charge on any atom is -0.490 e. The van der Waals surface area contributed by atoms with Gasteiger partial charge in [0.15, 0.2) is 5.65 Å². The number of aliphatic hydroxyl groups excluding tert-OH is 1. The zero-order chi connectivity index (χ0) is 36.1. The van der Waals surface area contributed by atoms with Gasteiger partial charge in [-0.2, -0.15) is 0 Å². The standard InChI is InChI=1S/C38H47ClN8O4/c1-24-9-7-8-18-46(24)37-45-44-35-17-13-26(23-47(35)37)51-31-16-15-30(27-10-5-6-11-28(27)31)42-36(49)43-34(22-33(40)38(2,3)4)41-25-12-14-29(39)32(21-25)50-20-19-48/h5-6,10-14,17,21-24,30-31,40-41,48H,7-9,15-16,18-20H2,1-4H3,(H2,42,43,49)/b34-22+,40-33?/t24-,30?,31+/m0/s1. The smallest absolute Gasteiger partial charge is 0.320 e. The van der Waals surface area contributed by atoms with Gasteiger partial charge in [0, 0.05) is 41.5 Å². The van der Waals surface area contributed by atoms with Crippen LogP contribution in [0.15, 0.2) is 72.7 Å². The summed E-state index contributed by atoms with van der Waals surface area (Å²) >= 11 is 6.28. The molecule has 270 valence electrons. The Morgan fingerprint density at radius 1 is 1.08 bits per heavy atom. The SMILES string of the molecule is C[C@H]1CCCCN1c1nnc2ccc(O[C@@H]3CCC(NC(=O)N/C(=C/C(=N)C(C)(C)C)Nc4ccc(Cl)c(OCCO)c4)c4ccccc43)cn12. The second kappa shape index (κ2) is 15.6. The van der Waals surface area contributed by atoms with E-state index in [-0.39, 0.29) is 25.4 Å². The Balaban J connectivity index is 1.17. The first-order valence-corrected chi connectivity index (χ1v) is 17.9. The summed E-state index contributed by atoms with van der Waals surface area (Å²) in [6, 6.07) is 16.7. The quantitative estimate of drug-likeness (QED) is 0.101. The summed E-state index contributed by atoms with van der Waals surface area (Å²) in [5.74, 6) is 2.27. The third kappa shape index (κ3) is 8.57. The molecular weight excluding hydrogens is 668 g/mol. The van der Waals surface area contributed by atoms with E-state index in [1.165, 1.54) is 6.42 Å². The fourth-order valence-corrected chi connectivity index (χ4v) is 6.66. The van der Waals surface area contributed by atoms with Crippen molar-refractivity contribution in [1.29, 1.82) is 5.41 Å². The van der Waals surface area contributed by atoms with Gasteiger partial charge in [0.2, 0.25) is 5.95 Å². The van der Waals surface area contributed by atoms with Gasteiger partial charge in [-0.1, -0.05) is 56.6 Å². The highest BCUT2D eigenvalue weighted by atomic mass is 35.5. The number of benzene rings is 2. The average Bonchev–Trinajstić information content (AvgIpc) is 3.52. The Morgan fingerprint density at radius 2 is 1.88 bits per heavy atom. The average molecular weight is 715 g/mol. The summed E-state index contributed by atoms with van der Waals surface area (Å²) in [6.07, 6.45) is 8.23. The number of hydrogen-bond donors (Lipinski definition) is 5. The van der Waals surface area contributed by atoms with Crippen LogP contribution >= 0.6 is 11.6 Å². The molecule has 2 aromatic carbocycles. The summed E-state index contributed by atoms with van der Waals surface area (Å²) in [5, 5.41) is 36.4. The molecule has 2 aromatic heterocycles. The number of fused-ring (bicyclic) bond motifs is 2. The largest absolute Gasteiger partial charge is 0.490 e. The van der Waals surface area contributed by atoms with Crippen LogP contribution < -0.4 is 30.3 Å². The summed E-state index contributed by atoms with van der Waals surface area (Å²) in [5.41, 5.74) is 3.24. The number of ether oxygens (including phenoxy) is 2. The van der Waals surface area contributed by atoms with E-state index in [1.807, 2.05) is 61.7 Å². The van der Waals surface area contributed by atoms with Crippen molar-refractivity contribution >= 4 is 40.6 Å². The third-order valence-corrected chi connectivity index (χ3v) is 9.65. The number of pyridine rings is 1. The van der Waals surface area contributed by atoms with Gasteiger partial charge in [0.05, 0.1) is 23.9 Å². The van der Waals surface area contributed by atoms with Crippen LogP contribution in [-0.4, -0.2) is 57.2 Å². The lowest BCUT2D eigenvalue weighted by molar-refractivity contribution is 0.171. The van der Waals surface area contributed by atoms with Gasteiger partial charge in [0.25, 0.3) is 0 Å². The van der Waals surface area contributed by atoms with Crippen LogP contribution in [0.3, 0.4) is 0 Å². The summed E-state index contributed by atoms with van der Waals surface area (Å²) in [7, 11) is 0. The van der Waals surface area contributed by atoms with Gasteiger partial charge in [-0.15, -0.1) is 10.2 Å². The molecule has 0 bridgehead atoms. The first-order valence-electron chi connectivity index (χ1n) is 17.6. The first kappa shape index (κ1) is 36.0. The van der Waals surface area contributed by atoms with E-state index < -0.39 is 11.4 Å². The molecule has 0 saturated carbocycles. The van der Waals surface area contributed by atoms with E-state index in [4.69, 9.17) is 26.5 Å². The van der Waals surface area contributed by atoms with Gasteiger partial charge in [-0.05, 0) is 74.4 Å². The summed E-state index contributed by atoms with van der Waals surface area (Å²) in [4.78, 5) is 15.9. The number of hydrogen-bond acceptors (Lipinski definition) is 9. The molecule has 1 saturated heterocycles. The van der Waals surface area contributed by atoms with E-state index >= 15 is 0 Å². The molecule has 3 atom stereocenters. The number of aromatic nitrogens is 3. The molecule has 0 radical (unpaired) electrons. The number of carbonyl (C=O) groups is 1. The number of nitrogens with one attached hydrogen (secondary N) is 4. The molecule has 2 aliphatic rings. The number of nitrogens with zero attached hydrogens (tertiary/aromatic N) is 4. The molecule has 12 nitrogen and oxygen atoms in total. The molecule has 3 heterocycles. The Hall–Kier alpha value is -4.81. The van der Waals surface area contributed by atoms with Crippen LogP contribution in [0.4, 0.5) is 16.4 Å². The van der Waals surface area contributed by atoms with E-state index in [1.54, 1.807) is 24.3 Å². The van der Waals surface area contributed by atoms with Crippen LogP contribution in [0.25, 0.3) is 5.65 Å². The molecular formula is C38H47ClN8O4. The van der Waals surface area contributed by atoms with Gasteiger partial charge in [0.1, 0.15) is 30.0 Å². The number of piperidine rings is 1. The van der Waals surface area contributed by atoms with Gasteiger partial charge in [-0.3, -0.25) is 9.72 Å². The lowest BCUT2D eigenvalue weighted by Crippen LogP contribution is -2.41. The van der Waals surface area contributed by atoms with Crippen LogP contribution in [0.5, 0.6) is 11.5 Å². The summed E-state index contributed by atoms with van der Waals surface area (Å²) in [6.45, 7) is 8.93. The van der Waals surface area contributed by atoms with Gasteiger partial charge in [-0.25, -0.2) is 4.79 Å². The molecule has 5 N–H and O–H groups in total. The molecule has 1 aliphatic heterocycles. The second-order valence-electron chi connectivity index (χ2n) is 14.2. The topological polar surface area (TPSA) is 149 Å². The summed E-state index contributed by atoms with van der Waals surface area (Å²) < 4.78 is 14.2. The van der Waals surface area contributed by atoms with E-state index in [0.29, 0.717) is 46.9 Å². The first-order chi connectivity index (χ1) is 24.5. The maximum absolute atomic E-state index is 13.6. The van der Waals surface area contributed by atoms with Crippen LogP contribution in [0.1, 0.15) is 83.1 Å². The number of urea groups is 1. The minimum atomic E-state index is -0.454. The van der Waals surface area contributed by atoms with E-state index in [9.17, 15) is 9.90 Å². The monoisotopic (exact) mass is 714 g/mol. The Bertz CT molecular complexity index is 1900. The Labute approximate surface area is 303 Å². The number of anilines is 2. The Kier molecular flexibility index (Phi) is 11.0. The molecule has 2 amide bonds. The molecule has 0 spiro atoms. The van der Waals surface area contributed by atoms with Crippen molar-refractivity contribution in [2.75, 3.05) is 30.0 Å². The highest BCUT2D eigenvalue weighted by molar-refractivity contribution is 6.32. The highest BCUT2D eigenvalue weighted by Crippen LogP contribution is 2.39. The normalized spacial score (nSPS) is 19.3. The fourth-order valence-electron chi connectivity index (χ4n) is 6.49. The van der Waals surface area contributed by atoms with Crippen LogP contribution in [0.2, 0.25) is 5.02 Å². The van der Waals surface area contributed by atoms with E-state index in [2.05, 4.69) is 44.0 Å². The van der Waals surface area contributed by atoms with Gasteiger partial charge < -0.3 is 35.5 Å². The fraction of sp³-hybridized carbons (Fsp3) is 0.421. The molecule has 4 aromatic rings. The number of aliphatic hydroxyl groups is 1. The molecule has 13 heteroatoms. The molecule has 1 fully saturated rings. The second-order valence-corrected chi connectivity index (χ2v) is 14.6. The van der Waals surface area contributed by atoms with Crippen LogP contribution in [-0.2, 0) is 0 Å². The number of carbonyl (C=O) groups excluding carboxylic acids is 1. The van der Waals surface area contributed by atoms with Crippen molar-refractivity contribution in [2.45, 2.75) is 78.0 Å². The number of amides is 2. The Morgan fingerprint density at radius 3 is 2.65 bits per heavy atom. The van der Waals surface area contributed by atoms with Crippen molar-refractivity contribution in [3.63, 3.8) is 0 Å². The van der Waals surface area contributed by atoms with Crippen LogP contribution in [0, 0.1) is 10.8 Å². The number of rotatable bonds is 11. The number of halogens is 1.